The summed E-state index contributed by atoms with van der Waals surface area (Å²) in [4.78, 5) is 114. The summed E-state index contributed by atoms with van der Waals surface area (Å²) >= 11 is 0. The number of rotatable bonds is 11. The normalized spacial score (nSPS) is 18.3. The molecule has 3 aliphatic heterocycles. The third-order valence-corrected chi connectivity index (χ3v) is 9.09. The van der Waals surface area contributed by atoms with Gasteiger partial charge in [-0.05, 0) is 49.6 Å². The van der Waals surface area contributed by atoms with E-state index < -0.39 is 41.6 Å². The second kappa shape index (κ2) is 14.7. The molecule has 2 saturated heterocycles. The number of nitrogens with zero attached hydrogens (tertiary/aromatic N) is 5. The molecular formula is C34H33N9O9. The van der Waals surface area contributed by atoms with Gasteiger partial charge in [-0.3, -0.25) is 58.7 Å². The van der Waals surface area contributed by atoms with Gasteiger partial charge in [-0.2, -0.15) is 0 Å². The molecule has 1 aromatic heterocycles. The first-order valence-electron chi connectivity index (χ1n) is 16.4. The second-order valence-electron chi connectivity index (χ2n) is 12.5. The van der Waals surface area contributed by atoms with Crippen molar-refractivity contribution in [3.05, 3.63) is 70.5 Å². The molecule has 268 valence electrons. The summed E-state index contributed by atoms with van der Waals surface area (Å²) in [5.41, 5.74) is 2.53. The van der Waals surface area contributed by atoms with Crippen LogP contribution >= 0.6 is 0 Å². The third-order valence-electron chi connectivity index (χ3n) is 9.09. The molecule has 0 saturated carbocycles. The minimum absolute atomic E-state index is 0.000803. The van der Waals surface area contributed by atoms with Gasteiger partial charge < -0.3 is 15.5 Å². The summed E-state index contributed by atoms with van der Waals surface area (Å²) in [7, 11) is 0. The lowest BCUT2D eigenvalue weighted by molar-refractivity contribution is -0.140. The zero-order valence-corrected chi connectivity index (χ0v) is 27.8. The van der Waals surface area contributed by atoms with Gasteiger partial charge in [-0.25, -0.2) is 4.68 Å². The number of amides is 9. The largest absolute Gasteiger partial charge is 0.326 e. The van der Waals surface area contributed by atoms with Crippen LogP contribution in [-0.4, -0.2) is 90.5 Å². The van der Waals surface area contributed by atoms with Crippen molar-refractivity contribution in [1.29, 1.82) is 0 Å². The molecule has 6 rings (SSSR count). The number of nitrogens with one attached hydrogen (secondary N) is 4. The quantitative estimate of drug-likeness (QED) is 0.152. The number of carbonyl (C=O) groups is 9. The maximum atomic E-state index is 13.3. The highest BCUT2D eigenvalue weighted by Crippen LogP contribution is 2.32. The van der Waals surface area contributed by atoms with Gasteiger partial charge in [-0.15, -0.1) is 5.10 Å². The van der Waals surface area contributed by atoms with Crippen LogP contribution in [0.3, 0.4) is 0 Å². The summed E-state index contributed by atoms with van der Waals surface area (Å²) in [6, 6.07) is 7.53. The van der Waals surface area contributed by atoms with Crippen molar-refractivity contribution in [2.24, 2.45) is 0 Å². The Balaban J connectivity index is 1.02. The molecule has 52 heavy (non-hydrogen) atoms. The average molecular weight is 712 g/mol. The summed E-state index contributed by atoms with van der Waals surface area (Å²) in [5.74, 6) is -4.12. The van der Waals surface area contributed by atoms with E-state index >= 15 is 0 Å². The molecule has 2 fully saturated rings. The molecule has 18 nitrogen and oxygen atoms in total. The van der Waals surface area contributed by atoms with Crippen molar-refractivity contribution < 1.29 is 43.2 Å². The third kappa shape index (κ3) is 7.30. The van der Waals surface area contributed by atoms with Crippen LogP contribution in [0.15, 0.2) is 42.6 Å². The molecular weight excluding hydrogens is 678 g/mol. The number of hydrogen-bond acceptors (Lipinski definition) is 11. The van der Waals surface area contributed by atoms with Crippen LogP contribution in [0.5, 0.6) is 0 Å². The van der Waals surface area contributed by atoms with Crippen molar-refractivity contribution in [2.45, 2.75) is 70.6 Å². The zero-order chi connectivity index (χ0) is 37.1. The Hall–Kier alpha value is -6.59. The standard InChI is InChI=1S/C34H33N9O9/c1-18-20(33(51)43(17-44)26-10-13-29(47)38-32(26)50)4-2-6-23(18)35-30(48)16-41-14-19(39-40-41)8-11-27(45)36-24-7-3-5-21-22(24)15-42(34(21)52)25-9-12-28(46)37-31(25)49/h2-7,14,17,25-26H,8-13,15-16H2,1H3,(H,35,48)(H,36,45)(H,37,46,49)(H,38,47,50). The number of piperidine rings is 2. The fraction of sp³-hybridized carbons (Fsp3) is 0.324. The minimum atomic E-state index is -1.14. The molecule has 3 aliphatic rings. The Bertz CT molecular complexity index is 2040. The van der Waals surface area contributed by atoms with E-state index in [4.69, 9.17) is 0 Å². The van der Waals surface area contributed by atoms with Crippen LogP contribution in [0.4, 0.5) is 11.4 Å². The van der Waals surface area contributed by atoms with Gasteiger partial charge in [-0.1, -0.05) is 17.3 Å². The first kappa shape index (κ1) is 35.2. The van der Waals surface area contributed by atoms with E-state index in [0.29, 0.717) is 28.1 Å². The average Bonchev–Trinajstić information content (AvgIpc) is 3.69. The Labute approximate surface area is 295 Å². The predicted molar refractivity (Wildman–Crippen MR) is 178 cm³/mol. The van der Waals surface area contributed by atoms with E-state index in [-0.39, 0.29) is 87.0 Å². The number of aromatic nitrogens is 3. The van der Waals surface area contributed by atoms with Crippen molar-refractivity contribution in [2.75, 3.05) is 10.6 Å². The minimum Gasteiger partial charge on any atom is -0.326 e. The monoisotopic (exact) mass is 711 g/mol. The topological polar surface area (TPSA) is 239 Å². The number of carbonyl (C=O) groups excluding carboxylic acids is 9. The van der Waals surface area contributed by atoms with Gasteiger partial charge >= 0.3 is 0 Å². The molecule has 0 radical (unpaired) electrons. The van der Waals surface area contributed by atoms with Crippen LogP contribution in [0, 0.1) is 6.92 Å². The molecule has 2 unspecified atom stereocenters. The number of anilines is 2. The van der Waals surface area contributed by atoms with Crippen molar-refractivity contribution in [3.63, 3.8) is 0 Å². The van der Waals surface area contributed by atoms with Gasteiger partial charge in [0, 0.05) is 66.5 Å². The number of hydrogen-bond donors (Lipinski definition) is 4. The maximum absolute atomic E-state index is 13.3. The second-order valence-corrected chi connectivity index (χ2v) is 12.5. The smallest absolute Gasteiger partial charge is 0.261 e. The fourth-order valence-corrected chi connectivity index (χ4v) is 6.38. The predicted octanol–water partition coefficient (Wildman–Crippen LogP) is -0.0387. The molecule has 0 spiro atoms. The van der Waals surface area contributed by atoms with Crippen LogP contribution in [0.25, 0.3) is 0 Å². The molecule has 2 atom stereocenters. The van der Waals surface area contributed by atoms with Crippen LogP contribution in [-0.2, 0) is 53.1 Å². The first-order valence-corrected chi connectivity index (χ1v) is 16.4. The van der Waals surface area contributed by atoms with E-state index in [2.05, 4.69) is 31.6 Å². The van der Waals surface area contributed by atoms with Crippen molar-refractivity contribution in [1.82, 2.24) is 35.4 Å². The molecule has 3 aromatic rings. The molecule has 4 N–H and O–H groups in total. The lowest BCUT2D eigenvalue weighted by atomic mass is 10.0. The fourth-order valence-electron chi connectivity index (χ4n) is 6.38. The van der Waals surface area contributed by atoms with Crippen molar-refractivity contribution >= 4 is 65.0 Å². The zero-order valence-electron chi connectivity index (χ0n) is 27.8. The summed E-state index contributed by atoms with van der Waals surface area (Å²) < 4.78 is 1.28. The Morgan fingerprint density at radius 3 is 2.35 bits per heavy atom. The Morgan fingerprint density at radius 2 is 1.62 bits per heavy atom. The van der Waals surface area contributed by atoms with Gasteiger partial charge in [0.15, 0.2) is 0 Å². The van der Waals surface area contributed by atoms with Gasteiger partial charge in [0.1, 0.15) is 18.6 Å². The highest BCUT2D eigenvalue weighted by Gasteiger charge is 2.40. The molecule has 0 aliphatic carbocycles. The molecule has 0 bridgehead atoms. The summed E-state index contributed by atoms with van der Waals surface area (Å²) in [6.07, 6.45) is 2.28. The maximum Gasteiger partial charge on any atom is 0.261 e. The number of fused-ring (bicyclic) bond motifs is 1. The lowest BCUT2D eigenvalue weighted by Crippen LogP contribution is -2.53. The molecule has 2 aromatic carbocycles. The number of benzene rings is 2. The number of aryl methyl sites for hydroxylation is 1. The van der Waals surface area contributed by atoms with E-state index in [1.807, 2.05) is 0 Å². The highest BCUT2D eigenvalue weighted by atomic mass is 16.2. The Morgan fingerprint density at radius 1 is 0.923 bits per heavy atom. The van der Waals surface area contributed by atoms with E-state index in [1.165, 1.54) is 27.9 Å². The van der Waals surface area contributed by atoms with E-state index in [1.54, 1.807) is 31.2 Å². The summed E-state index contributed by atoms with van der Waals surface area (Å²) in [6.45, 7) is 1.43. The Kier molecular flexibility index (Phi) is 9.97. The highest BCUT2D eigenvalue weighted by molar-refractivity contribution is 6.09. The molecule has 9 amide bonds. The van der Waals surface area contributed by atoms with Crippen molar-refractivity contribution in [3.8, 4) is 0 Å². The molecule has 18 heteroatoms. The van der Waals surface area contributed by atoms with Crippen LogP contribution in [0.1, 0.15) is 69.6 Å². The van der Waals surface area contributed by atoms with E-state index in [0.717, 1.165) is 4.90 Å². The van der Waals surface area contributed by atoms with Gasteiger partial charge in [0.25, 0.3) is 11.8 Å². The SMILES string of the molecule is Cc1c(NC(=O)Cn2cc(CCC(=O)Nc3cccc4c3CN(C3CCC(=O)NC3=O)C4=O)nn2)cccc1C(=O)N(C=O)C1CCC(=O)NC1=O. The van der Waals surface area contributed by atoms with Crippen LogP contribution < -0.4 is 21.3 Å². The van der Waals surface area contributed by atoms with Gasteiger partial charge in [0.2, 0.25) is 41.9 Å². The lowest BCUT2D eigenvalue weighted by Gasteiger charge is -2.29. The van der Waals surface area contributed by atoms with E-state index in [9.17, 15) is 43.2 Å². The first-order chi connectivity index (χ1) is 24.9. The summed E-state index contributed by atoms with van der Waals surface area (Å²) in [5, 5.41) is 17.9. The van der Waals surface area contributed by atoms with Crippen LogP contribution in [0.2, 0.25) is 0 Å². The number of imide groups is 3. The molecule has 4 heterocycles. The van der Waals surface area contributed by atoms with Gasteiger partial charge in [0.05, 0.1) is 5.69 Å².